The first-order valence-electron chi connectivity index (χ1n) is 9.97. The summed E-state index contributed by atoms with van der Waals surface area (Å²) in [7, 11) is 0. The Balaban J connectivity index is 2.34. The fourth-order valence-electron chi connectivity index (χ4n) is 2.92. The summed E-state index contributed by atoms with van der Waals surface area (Å²) in [6, 6.07) is 8.61. The van der Waals surface area contributed by atoms with Crippen molar-refractivity contribution in [3.63, 3.8) is 0 Å². The largest absolute Gasteiger partial charge is 0.491 e. The molecule has 160 valence electrons. The molecular formula is C23H28Br4O2. The molecule has 0 saturated heterocycles. The molecule has 2 aromatic carbocycles. The molecule has 2 rings (SSSR count). The van der Waals surface area contributed by atoms with Crippen molar-refractivity contribution in [1.29, 1.82) is 0 Å². The van der Waals surface area contributed by atoms with Crippen molar-refractivity contribution in [2.75, 3.05) is 13.2 Å². The van der Waals surface area contributed by atoms with Crippen molar-refractivity contribution in [3.05, 3.63) is 53.3 Å². The number of benzene rings is 2. The molecule has 0 aromatic heterocycles. The fraction of sp³-hybridized carbons (Fsp3) is 0.478. The Morgan fingerprint density at radius 3 is 1.24 bits per heavy atom. The SMILES string of the molecule is CCCCOc1c(Br)cc(C(C)(C)c2cc(Br)c(OCCCC)c(Br)c2)cc1Br. The van der Waals surface area contributed by atoms with Crippen LogP contribution in [0.1, 0.15) is 64.5 Å². The average molecular weight is 656 g/mol. The summed E-state index contributed by atoms with van der Waals surface area (Å²) in [4.78, 5) is 0. The van der Waals surface area contributed by atoms with Crippen LogP contribution in [0.5, 0.6) is 11.5 Å². The third-order valence-corrected chi connectivity index (χ3v) is 7.28. The molecule has 0 spiro atoms. The van der Waals surface area contributed by atoms with Gasteiger partial charge in [0, 0.05) is 5.41 Å². The average Bonchev–Trinajstić information content (AvgIpc) is 2.65. The van der Waals surface area contributed by atoms with Gasteiger partial charge in [0.25, 0.3) is 0 Å². The first-order chi connectivity index (χ1) is 13.7. The van der Waals surface area contributed by atoms with Crippen molar-refractivity contribution in [2.45, 2.75) is 58.8 Å². The summed E-state index contributed by atoms with van der Waals surface area (Å²) in [6.07, 6.45) is 4.31. The molecule has 6 heteroatoms. The van der Waals surface area contributed by atoms with E-state index in [9.17, 15) is 0 Å². The van der Waals surface area contributed by atoms with E-state index in [0.29, 0.717) is 0 Å². The van der Waals surface area contributed by atoms with Crippen LogP contribution in [0.4, 0.5) is 0 Å². The molecule has 0 unspecified atom stereocenters. The van der Waals surface area contributed by atoms with Crippen molar-refractivity contribution >= 4 is 63.7 Å². The third kappa shape index (κ3) is 6.47. The Kier molecular flexibility index (Phi) is 10.0. The van der Waals surface area contributed by atoms with E-state index in [1.54, 1.807) is 0 Å². The van der Waals surface area contributed by atoms with E-state index >= 15 is 0 Å². The zero-order chi connectivity index (χ0) is 21.6. The first-order valence-corrected chi connectivity index (χ1v) is 13.1. The summed E-state index contributed by atoms with van der Waals surface area (Å²) in [5.74, 6) is 1.72. The molecule has 0 heterocycles. The number of unbranched alkanes of at least 4 members (excludes halogenated alkanes) is 2. The van der Waals surface area contributed by atoms with Crippen LogP contribution in [-0.2, 0) is 5.41 Å². The highest BCUT2D eigenvalue weighted by atomic mass is 79.9. The molecule has 0 aliphatic carbocycles. The zero-order valence-corrected chi connectivity index (χ0v) is 23.7. The van der Waals surface area contributed by atoms with Gasteiger partial charge < -0.3 is 9.47 Å². The summed E-state index contributed by atoms with van der Waals surface area (Å²) in [6.45, 7) is 10.2. The molecule has 29 heavy (non-hydrogen) atoms. The number of hydrogen-bond acceptors (Lipinski definition) is 2. The number of ether oxygens (including phenoxy) is 2. The lowest BCUT2D eigenvalue weighted by Gasteiger charge is -2.28. The Labute approximate surface area is 208 Å². The van der Waals surface area contributed by atoms with Crippen molar-refractivity contribution in [2.24, 2.45) is 0 Å². The van der Waals surface area contributed by atoms with E-state index in [-0.39, 0.29) is 5.41 Å². The quantitative estimate of drug-likeness (QED) is 0.238. The van der Waals surface area contributed by atoms with E-state index in [4.69, 9.17) is 9.47 Å². The smallest absolute Gasteiger partial charge is 0.147 e. The molecule has 0 aliphatic rings. The normalized spacial score (nSPS) is 11.6. The predicted octanol–water partition coefficient (Wildman–Crippen LogP) is 9.42. The van der Waals surface area contributed by atoms with E-state index in [1.165, 1.54) is 11.1 Å². The molecule has 0 radical (unpaired) electrons. The fourth-order valence-corrected chi connectivity index (χ4v) is 5.75. The van der Waals surface area contributed by atoms with E-state index < -0.39 is 0 Å². The van der Waals surface area contributed by atoms with Crippen LogP contribution < -0.4 is 9.47 Å². The molecule has 2 nitrogen and oxygen atoms in total. The molecule has 2 aromatic rings. The standard InChI is InChI=1S/C23H28Br4O2/c1-5-7-9-28-21-17(24)11-15(12-18(21)25)23(3,4)16-13-19(26)22(20(27)14-16)29-10-8-6-2/h11-14H,5-10H2,1-4H3. The highest BCUT2D eigenvalue weighted by Crippen LogP contribution is 2.44. The molecule has 0 amide bonds. The minimum Gasteiger partial charge on any atom is -0.491 e. The van der Waals surface area contributed by atoms with E-state index in [2.05, 4.69) is 116 Å². The van der Waals surface area contributed by atoms with Gasteiger partial charge in [0.1, 0.15) is 11.5 Å². The molecule has 0 atom stereocenters. The Bertz CT molecular complexity index is 720. The van der Waals surface area contributed by atoms with Gasteiger partial charge in [0.05, 0.1) is 31.1 Å². The highest BCUT2D eigenvalue weighted by Gasteiger charge is 2.27. The summed E-state index contributed by atoms with van der Waals surface area (Å²) in [5.41, 5.74) is 2.18. The molecule has 0 saturated carbocycles. The Morgan fingerprint density at radius 1 is 0.655 bits per heavy atom. The van der Waals surface area contributed by atoms with Crippen molar-refractivity contribution in [1.82, 2.24) is 0 Å². The molecular weight excluding hydrogens is 628 g/mol. The summed E-state index contributed by atoms with van der Waals surface area (Å²) < 4.78 is 15.8. The van der Waals surface area contributed by atoms with Gasteiger partial charge in [0.2, 0.25) is 0 Å². The van der Waals surface area contributed by atoms with Gasteiger partial charge in [-0.3, -0.25) is 0 Å². The van der Waals surface area contributed by atoms with E-state index in [0.717, 1.165) is 68.3 Å². The van der Waals surface area contributed by atoms with Gasteiger partial charge in [-0.15, -0.1) is 0 Å². The molecule has 0 N–H and O–H groups in total. The van der Waals surface area contributed by atoms with Crippen LogP contribution in [0.3, 0.4) is 0 Å². The molecule has 0 bridgehead atoms. The maximum Gasteiger partial charge on any atom is 0.147 e. The van der Waals surface area contributed by atoms with Crippen molar-refractivity contribution in [3.8, 4) is 11.5 Å². The second-order valence-electron chi connectivity index (χ2n) is 7.57. The number of hydrogen-bond donors (Lipinski definition) is 0. The van der Waals surface area contributed by atoms with E-state index in [1.807, 2.05) is 0 Å². The van der Waals surface area contributed by atoms with Crippen LogP contribution in [0.15, 0.2) is 42.2 Å². The van der Waals surface area contributed by atoms with Crippen LogP contribution in [0.2, 0.25) is 0 Å². The number of rotatable bonds is 10. The van der Waals surface area contributed by atoms with Gasteiger partial charge in [-0.1, -0.05) is 40.5 Å². The minimum absolute atomic E-state index is 0.208. The minimum atomic E-state index is -0.208. The lowest BCUT2D eigenvalue weighted by molar-refractivity contribution is 0.305. The van der Waals surface area contributed by atoms with Gasteiger partial charge >= 0.3 is 0 Å². The van der Waals surface area contributed by atoms with Gasteiger partial charge in [0.15, 0.2) is 0 Å². The second-order valence-corrected chi connectivity index (χ2v) is 11.0. The Hall–Kier alpha value is -0.0400. The lowest BCUT2D eigenvalue weighted by Crippen LogP contribution is -2.19. The Morgan fingerprint density at radius 2 is 0.966 bits per heavy atom. The topological polar surface area (TPSA) is 18.5 Å². The van der Waals surface area contributed by atoms with Crippen LogP contribution in [-0.4, -0.2) is 13.2 Å². The lowest BCUT2D eigenvalue weighted by atomic mass is 9.78. The summed E-state index contributed by atoms with van der Waals surface area (Å²) >= 11 is 14.8. The first kappa shape index (κ1) is 25.2. The number of halogens is 4. The second kappa shape index (κ2) is 11.5. The van der Waals surface area contributed by atoms with Gasteiger partial charge in [-0.25, -0.2) is 0 Å². The predicted molar refractivity (Wildman–Crippen MR) is 137 cm³/mol. The van der Waals surface area contributed by atoms with Crippen molar-refractivity contribution < 1.29 is 9.47 Å². The molecule has 0 aliphatic heterocycles. The zero-order valence-electron chi connectivity index (χ0n) is 17.4. The summed E-state index contributed by atoms with van der Waals surface area (Å²) in [5, 5.41) is 0. The van der Waals surface area contributed by atoms with Crippen LogP contribution in [0, 0.1) is 0 Å². The van der Waals surface area contributed by atoms with Gasteiger partial charge in [-0.2, -0.15) is 0 Å². The molecule has 0 fully saturated rings. The maximum absolute atomic E-state index is 5.96. The highest BCUT2D eigenvalue weighted by molar-refractivity contribution is 9.11. The maximum atomic E-state index is 5.96. The van der Waals surface area contributed by atoms with Gasteiger partial charge in [-0.05, 0) is 112 Å². The van der Waals surface area contributed by atoms with Crippen LogP contribution in [0.25, 0.3) is 0 Å². The third-order valence-electron chi connectivity index (χ3n) is 4.93. The monoisotopic (exact) mass is 652 g/mol. The van der Waals surface area contributed by atoms with Crippen LogP contribution >= 0.6 is 63.7 Å².